The molecule has 0 saturated heterocycles. The van der Waals surface area contributed by atoms with Crippen LogP contribution < -0.4 is 13.9 Å². The summed E-state index contributed by atoms with van der Waals surface area (Å²) in [6.45, 7) is 1.88. The van der Waals surface area contributed by atoms with Gasteiger partial charge in [0.05, 0.1) is 23.6 Å². The van der Waals surface area contributed by atoms with Crippen LogP contribution in [0.5, 0.6) is 5.75 Å². The monoisotopic (exact) mass is 514 g/mol. The maximum Gasteiger partial charge on any atom is 0.270 e. The van der Waals surface area contributed by atoms with Gasteiger partial charge >= 0.3 is 0 Å². The highest BCUT2D eigenvalue weighted by Crippen LogP contribution is 2.38. The summed E-state index contributed by atoms with van der Waals surface area (Å²) in [7, 11) is 1.14. The third-order valence-corrected chi connectivity index (χ3v) is 7.91. The summed E-state index contributed by atoms with van der Waals surface area (Å²) in [5, 5.41) is 0. The Morgan fingerprint density at radius 3 is 1.95 bits per heavy atom. The Morgan fingerprint density at radius 1 is 0.784 bits per heavy atom. The molecule has 0 fully saturated rings. The summed E-state index contributed by atoms with van der Waals surface area (Å²) in [4.78, 5) is 16.5. The van der Waals surface area contributed by atoms with Crippen LogP contribution in [0.15, 0.2) is 108 Å². The van der Waals surface area contributed by atoms with E-state index >= 15 is 0 Å². The van der Waals surface area contributed by atoms with Gasteiger partial charge in [-0.15, -0.1) is 0 Å². The number of carbonyl (C=O) groups is 1. The van der Waals surface area contributed by atoms with E-state index in [-0.39, 0.29) is 10.6 Å². The number of hydrogen-bond acceptors (Lipinski definition) is 5. The van der Waals surface area contributed by atoms with E-state index in [1.165, 1.54) is 12.1 Å². The summed E-state index contributed by atoms with van der Waals surface area (Å²) in [6, 6.07) is 29.7. The number of amides is 1. The molecule has 0 bridgehead atoms. The van der Waals surface area contributed by atoms with E-state index in [1.807, 2.05) is 74.4 Å². The van der Waals surface area contributed by atoms with Gasteiger partial charge in [0.25, 0.3) is 15.9 Å². The van der Waals surface area contributed by atoms with Gasteiger partial charge in [-0.1, -0.05) is 72.3 Å². The second-order valence-corrected chi connectivity index (χ2v) is 10.7. The maximum absolute atomic E-state index is 14.5. The van der Waals surface area contributed by atoms with Gasteiger partial charge in [-0.05, 0) is 42.8 Å². The minimum Gasteiger partial charge on any atom is -0.496 e. The predicted octanol–water partition coefficient (Wildman–Crippen LogP) is 5.62. The zero-order valence-electron chi connectivity index (χ0n) is 21.3. The van der Waals surface area contributed by atoms with Crippen LogP contribution in [0, 0.1) is 6.92 Å². The largest absolute Gasteiger partial charge is 0.496 e. The lowest BCUT2D eigenvalue weighted by atomic mass is 9.89. The Labute approximate surface area is 218 Å². The van der Waals surface area contributed by atoms with Crippen LogP contribution >= 0.6 is 0 Å². The molecule has 7 heteroatoms. The van der Waals surface area contributed by atoms with E-state index in [4.69, 9.17) is 4.74 Å². The number of sulfonamides is 1. The van der Waals surface area contributed by atoms with Crippen LogP contribution in [0.2, 0.25) is 0 Å². The Bertz CT molecular complexity index is 1470. The topological polar surface area (TPSA) is 66.9 Å². The van der Waals surface area contributed by atoms with Crippen LogP contribution in [0.3, 0.4) is 0 Å². The number of carbonyl (C=O) groups excluding carboxylic acids is 1. The molecule has 0 spiro atoms. The van der Waals surface area contributed by atoms with Crippen molar-refractivity contribution in [2.75, 3.05) is 30.4 Å². The second-order valence-electron chi connectivity index (χ2n) is 8.92. The van der Waals surface area contributed by atoms with E-state index < -0.39 is 21.8 Å². The van der Waals surface area contributed by atoms with Crippen LogP contribution in [0.1, 0.15) is 22.6 Å². The number of ether oxygens (including phenoxy) is 1. The molecule has 0 heterocycles. The highest BCUT2D eigenvalue weighted by atomic mass is 32.2. The average Bonchev–Trinajstić information content (AvgIpc) is 2.90. The predicted molar refractivity (Wildman–Crippen MR) is 148 cm³/mol. The van der Waals surface area contributed by atoms with Gasteiger partial charge < -0.3 is 9.64 Å². The molecule has 0 N–H and O–H groups in total. The molecule has 1 amide bonds. The normalized spacial score (nSPS) is 12.0. The van der Waals surface area contributed by atoms with Crippen molar-refractivity contribution in [2.45, 2.75) is 17.7 Å². The van der Waals surface area contributed by atoms with E-state index in [9.17, 15) is 13.2 Å². The molecule has 6 nitrogen and oxygen atoms in total. The van der Waals surface area contributed by atoms with Crippen molar-refractivity contribution in [2.24, 2.45) is 0 Å². The summed E-state index contributed by atoms with van der Waals surface area (Å²) in [6.07, 6.45) is 0. The quantitative estimate of drug-likeness (QED) is 0.305. The van der Waals surface area contributed by atoms with Crippen LogP contribution in [-0.4, -0.2) is 35.5 Å². The van der Waals surface area contributed by atoms with Gasteiger partial charge in [0.15, 0.2) is 0 Å². The molecule has 4 aromatic carbocycles. The highest BCUT2D eigenvalue weighted by Gasteiger charge is 2.38. The van der Waals surface area contributed by atoms with Crippen molar-refractivity contribution in [1.82, 2.24) is 0 Å². The number of benzene rings is 4. The molecule has 1 unspecified atom stereocenters. The fourth-order valence-corrected chi connectivity index (χ4v) is 5.63. The first kappa shape index (κ1) is 26.0. The molecule has 0 radical (unpaired) electrons. The van der Waals surface area contributed by atoms with Gasteiger partial charge in [0.2, 0.25) is 0 Å². The van der Waals surface area contributed by atoms with Crippen LogP contribution in [0.4, 0.5) is 11.4 Å². The van der Waals surface area contributed by atoms with Crippen molar-refractivity contribution >= 4 is 27.3 Å². The molecule has 0 aromatic heterocycles. The van der Waals surface area contributed by atoms with E-state index in [1.54, 1.807) is 49.6 Å². The van der Waals surface area contributed by atoms with Gasteiger partial charge in [-0.2, -0.15) is 0 Å². The molecule has 4 rings (SSSR count). The number of para-hydroxylation sites is 1. The number of aryl methyl sites for hydroxylation is 1. The molecule has 0 aliphatic heterocycles. The number of rotatable bonds is 8. The molecule has 0 aliphatic rings. The smallest absolute Gasteiger partial charge is 0.270 e. The summed E-state index contributed by atoms with van der Waals surface area (Å²) in [5.41, 5.74) is 3.31. The Morgan fingerprint density at radius 2 is 1.38 bits per heavy atom. The van der Waals surface area contributed by atoms with Gasteiger partial charge in [-0.25, -0.2) is 12.7 Å². The fourth-order valence-electron chi connectivity index (χ4n) is 4.20. The minimum atomic E-state index is -4.24. The Kier molecular flexibility index (Phi) is 7.64. The Balaban J connectivity index is 1.94. The maximum atomic E-state index is 14.5. The lowest BCUT2D eigenvalue weighted by Crippen LogP contribution is -2.40. The third kappa shape index (κ3) is 5.37. The molecule has 0 aliphatic carbocycles. The van der Waals surface area contributed by atoms with E-state index in [2.05, 4.69) is 0 Å². The van der Waals surface area contributed by atoms with Crippen LogP contribution in [0.25, 0.3) is 0 Å². The summed E-state index contributed by atoms with van der Waals surface area (Å²) in [5.74, 6) is -1.05. The zero-order chi connectivity index (χ0) is 26.6. The molecular formula is C30H30N2O4S. The average molecular weight is 515 g/mol. The molecule has 0 saturated carbocycles. The van der Waals surface area contributed by atoms with Crippen molar-refractivity contribution in [3.63, 3.8) is 0 Å². The van der Waals surface area contributed by atoms with E-state index in [0.717, 1.165) is 15.6 Å². The number of hydrogen-bond donors (Lipinski definition) is 0. The summed E-state index contributed by atoms with van der Waals surface area (Å²) >= 11 is 0. The first-order chi connectivity index (χ1) is 17.7. The minimum absolute atomic E-state index is 0.0389. The number of nitrogens with zero attached hydrogens (tertiary/aromatic N) is 2. The zero-order valence-corrected chi connectivity index (χ0v) is 22.1. The van der Waals surface area contributed by atoms with Crippen molar-refractivity contribution < 1.29 is 17.9 Å². The van der Waals surface area contributed by atoms with Gasteiger partial charge in [0.1, 0.15) is 5.75 Å². The standard InChI is InChI=1S/C30H30N2O4S/c1-22-15-18-26(19-16-22)37(34,35)32(24-13-9-6-10-14-24)30(33)29(23-11-7-5-8-12-23)27-20-17-25(31(2)3)21-28(27)36-4/h5-21,29H,1-4H3. The van der Waals surface area contributed by atoms with E-state index in [0.29, 0.717) is 16.9 Å². The Hall–Kier alpha value is -4.10. The first-order valence-corrected chi connectivity index (χ1v) is 13.3. The molecular weight excluding hydrogens is 484 g/mol. The third-order valence-electron chi connectivity index (χ3n) is 6.17. The number of anilines is 2. The van der Waals surface area contributed by atoms with Crippen molar-refractivity contribution in [1.29, 1.82) is 0 Å². The molecule has 190 valence electrons. The van der Waals surface area contributed by atoms with Crippen LogP contribution in [-0.2, 0) is 14.8 Å². The van der Waals surface area contributed by atoms with Crippen molar-refractivity contribution in [3.8, 4) is 5.75 Å². The lowest BCUT2D eigenvalue weighted by molar-refractivity contribution is -0.118. The second kappa shape index (κ2) is 10.9. The molecule has 37 heavy (non-hydrogen) atoms. The number of methoxy groups -OCH3 is 1. The van der Waals surface area contributed by atoms with Gasteiger partial charge in [-0.3, -0.25) is 4.79 Å². The first-order valence-electron chi connectivity index (χ1n) is 11.8. The van der Waals surface area contributed by atoms with Crippen molar-refractivity contribution in [3.05, 3.63) is 120 Å². The molecule has 1 atom stereocenters. The van der Waals surface area contributed by atoms with Gasteiger partial charge in [0, 0.05) is 31.4 Å². The summed E-state index contributed by atoms with van der Waals surface area (Å²) < 4.78 is 34.7. The fraction of sp³-hybridized carbons (Fsp3) is 0.167. The lowest BCUT2D eigenvalue weighted by Gasteiger charge is -2.29. The molecule has 4 aromatic rings. The highest BCUT2D eigenvalue weighted by molar-refractivity contribution is 7.93. The SMILES string of the molecule is COc1cc(N(C)C)ccc1C(C(=O)N(c1ccccc1)S(=O)(=O)c1ccc(C)cc1)c1ccccc1.